The lowest BCUT2D eigenvalue weighted by Gasteiger charge is -2.39. The lowest BCUT2D eigenvalue weighted by atomic mass is 9.95. The summed E-state index contributed by atoms with van der Waals surface area (Å²) < 4.78 is 10.6. The number of anilines is 1. The van der Waals surface area contributed by atoms with Crippen LogP contribution >= 0.6 is 12.4 Å². The Morgan fingerprint density at radius 2 is 1.81 bits per heavy atom. The summed E-state index contributed by atoms with van der Waals surface area (Å²) in [4.78, 5) is 31.5. The number of ether oxygens (including phenoxy) is 1. The molecule has 3 amide bonds. The first-order valence-corrected chi connectivity index (χ1v) is 12.8. The van der Waals surface area contributed by atoms with E-state index in [1.165, 1.54) is 11.8 Å². The van der Waals surface area contributed by atoms with E-state index in [9.17, 15) is 9.59 Å². The molecule has 36 heavy (non-hydrogen) atoms. The standard InChI is InChI=1S/C27H38N4O4.ClH/c1-3-29(20-22-9-11-30(12-10-22)27(33)31-13-16-34-17-14-31)21(2)18-23-6-4-7-24(19-23)28-26(32)25-8-5-15-35-25;/h4-8,15,19,21-22H,3,9-14,16-18,20H2,1-2H3,(H,28,32);1H. The summed E-state index contributed by atoms with van der Waals surface area (Å²) in [5, 5.41) is 2.91. The molecule has 198 valence electrons. The summed E-state index contributed by atoms with van der Waals surface area (Å²) in [6, 6.07) is 12.0. The Morgan fingerprint density at radius 3 is 2.47 bits per heavy atom. The van der Waals surface area contributed by atoms with Crippen molar-refractivity contribution in [1.82, 2.24) is 14.7 Å². The minimum absolute atomic E-state index is 0. The number of likely N-dealkylation sites (N-methyl/N-ethyl adjacent to an activating group) is 1. The Kier molecular flexibility index (Phi) is 10.6. The number of benzene rings is 1. The van der Waals surface area contributed by atoms with Crippen molar-refractivity contribution in [2.45, 2.75) is 39.2 Å². The fraction of sp³-hybridized carbons (Fsp3) is 0.556. The Bertz CT molecular complexity index is 956. The third-order valence-corrected chi connectivity index (χ3v) is 7.15. The number of hydrogen-bond donors (Lipinski definition) is 1. The van der Waals surface area contributed by atoms with Crippen LogP contribution in [0.1, 0.15) is 42.8 Å². The average molecular weight is 519 g/mol. The predicted molar refractivity (Wildman–Crippen MR) is 143 cm³/mol. The zero-order chi connectivity index (χ0) is 24.6. The van der Waals surface area contributed by atoms with Crippen molar-refractivity contribution in [3.63, 3.8) is 0 Å². The van der Waals surface area contributed by atoms with Gasteiger partial charge >= 0.3 is 6.03 Å². The Morgan fingerprint density at radius 1 is 1.08 bits per heavy atom. The number of likely N-dealkylation sites (tertiary alicyclic amines) is 1. The molecular weight excluding hydrogens is 480 g/mol. The number of carbonyl (C=O) groups excluding carboxylic acids is 2. The molecular formula is C27H39ClN4O4. The smallest absolute Gasteiger partial charge is 0.320 e. The zero-order valence-electron chi connectivity index (χ0n) is 21.4. The van der Waals surface area contributed by atoms with Gasteiger partial charge in [0.05, 0.1) is 19.5 Å². The van der Waals surface area contributed by atoms with Gasteiger partial charge in [-0.3, -0.25) is 4.79 Å². The normalized spacial score (nSPS) is 17.5. The molecule has 1 atom stereocenters. The van der Waals surface area contributed by atoms with Crippen molar-refractivity contribution in [3.8, 4) is 0 Å². The lowest BCUT2D eigenvalue weighted by Crippen LogP contribution is -2.51. The fourth-order valence-electron chi connectivity index (χ4n) is 5.06. The molecule has 2 saturated heterocycles. The monoisotopic (exact) mass is 518 g/mol. The minimum Gasteiger partial charge on any atom is -0.459 e. The molecule has 2 aromatic rings. The van der Waals surface area contributed by atoms with Gasteiger partial charge in [0.25, 0.3) is 5.91 Å². The van der Waals surface area contributed by atoms with Gasteiger partial charge in [-0.05, 0) is 68.5 Å². The second kappa shape index (κ2) is 13.7. The van der Waals surface area contributed by atoms with E-state index in [-0.39, 0.29) is 24.3 Å². The molecule has 2 aliphatic heterocycles. The van der Waals surface area contributed by atoms with Crippen LogP contribution in [-0.2, 0) is 11.2 Å². The molecule has 0 aliphatic carbocycles. The quantitative estimate of drug-likeness (QED) is 0.561. The Hall–Kier alpha value is -2.55. The lowest BCUT2D eigenvalue weighted by molar-refractivity contribution is 0.0387. The number of halogens is 1. The number of morpholine rings is 1. The minimum atomic E-state index is -0.242. The summed E-state index contributed by atoms with van der Waals surface area (Å²) in [5.41, 5.74) is 1.97. The highest BCUT2D eigenvalue weighted by molar-refractivity contribution is 6.02. The summed E-state index contributed by atoms with van der Waals surface area (Å²) in [7, 11) is 0. The van der Waals surface area contributed by atoms with Crippen LogP contribution in [0.2, 0.25) is 0 Å². The first-order valence-electron chi connectivity index (χ1n) is 12.8. The van der Waals surface area contributed by atoms with Crippen LogP contribution in [0.4, 0.5) is 10.5 Å². The second-order valence-corrected chi connectivity index (χ2v) is 9.58. The van der Waals surface area contributed by atoms with Crippen LogP contribution in [-0.4, -0.2) is 85.2 Å². The number of rotatable bonds is 8. The van der Waals surface area contributed by atoms with Crippen LogP contribution in [0.3, 0.4) is 0 Å². The van der Waals surface area contributed by atoms with Gasteiger partial charge in [0.15, 0.2) is 5.76 Å². The van der Waals surface area contributed by atoms with Gasteiger partial charge < -0.3 is 29.2 Å². The zero-order valence-corrected chi connectivity index (χ0v) is 22.2. The number of urea groups is 1. The van der Waals surface area contributed by atoms with Crippen molar-refractivity contribution >= 4 is 30.0 Å². The Labute approximate surface area is 220 Å². The van der Waals surface area contributed by atoms with Gasteiger partial charge in [-0.25, -0.2) is 4.79 Å². The first-order chi connectivity index (χ1) is 17.0. The van der Waals surface area contributed by atoms with E-state index in [2.05, 4.69) is 30.1 Å². The molecule has 4 rings (SSSR count). The highest BCUT2D eigenvalue weighted by Gasteiger charge is 2.28. The molecule has 0 radical (unpaired) electrons. The third kappa shape index (κ3) is 7.48. The van der Waals surface area contributed by atoms with Crippen LogP contribution in [0, 0.1) is 5.92 Å². The van der Waals surface area contributed by atoms with Gasteiger partial charge in [-0.2, -0.15) is 0 Å². The summed E-state index contributed by atoms with van der Waals surface area (Å²) >= 11 is 0. The van der Waals surface area contributed by atoms with E-state index >= 15 is 0 Å². The Balaban J connectivity index is 0.00000361. The number of piperidine rings is 1. The second-order valence-electron chi connectivity index (χ2n) is 9.58. The van der Waals surface area contributed by atoms with Gasteiger partial charge in [0.1, 0.15) is 0 Å². The van der Waals surface area contributed by atoms with E-state index in [1.54, 1.807) is 12.1 Å². The van der Waals surface area contributed by atoms with Gasteiger partial charge in [-0.15, -0.1) is 12.4 Å². The molecule has 0 bridgehead atoms. The molecule has 3 heterocycles. The molecule has 9 heteroatoms. The molecule has 0 spiro atoms. The van der Waals surface area contributed by atoms with Crippen molar-refractivity contribution in [1.29, 1.82) is 0 Å². The molecule has 1 unspecified atom stereocenters. The van der Waals surface area contributed by atoms with Gasteiger partial charge in [0, 0.05) is 44.5 Å². The molecule has 8 nitrogen and oxygen atoms in total. The van der Waals surface area contributed by atoms with E-state index in [0.717, 1.165) is 51.1 Å². The number of carbonyl (C=O) groups is 2. The van der Waals surface area contributed by atoms with Crippen molar-refractivity contribution in [2.75, 3.05) is 57.8 Å². The largest absolute Gasteiger partial charge is 0.459 e. The SMILES string of the molecule is CCN(CC1CCN(C(=O)N2CCOCC2)CC1)C(C)Cc1cccc(NC(=O)c2ccco2)c1.Cl. The highest BCUT2D eigenvalue weighted by atomic mass is 35.5. The van der Waals surface area contributed by atoms with Crippen molar-refractivity contribution < 1.29 is 18.7 Å². The number of nitrogens with zero attached hydrogens (tertiary/aromatic N) is 3. The van der Waals surface area contributed by atoms with Gasteiger partial charge in [0.2, 0.25) is 0 Å². The topological polar surface area (TPSA) is 78.3 Å². The average Bonchev–Trinajstić information content (AvgIpc) is 3.43. The predicted octanol–water partition coefficient (Wildman–Crippen LogP) is 4.37. The number of nitrogens with one attached hydrogen (secondary N) is 1. The maximum Gasteiger partial charge on any atom is 0.320 e. The molecule has 0 saturated carbocycles. The number of amides is 3. The van der Waals surface area contributed by atoms with Crippen molar-refractivity contribution in [3.05, 3.63) is 54.0 Å². The van der Waals surface area contributed by atoms with E-state index in [1.807, 2.05) is 28.0 Å². The van der Waals surface area contributed by atoms with E-state index in [0.29, 0.717) is 44.0 Å². The summed E-state index contributed by atoms with van der Waals surface area (Å²) in [6.07, 6.45) is 4.51. The fourth-order valence-corrected chi connectivity index (χ4v) is 5.06. The van der Waals surface area contributed by atoms with Gasteiger partial charge in [-0.1, -0.05) is 19.1 Å². The van der Waals surface area contributed by atoms with E-state index in [4.69, 9.17) is 9.15 Å². The summed E-state index contributed by atoms with van der Waals surface area (Å²) in [5.74, 6) is 0.664. The maximum atomic E-state index is 12.8. The summed E-state index contributed by atoms with van der Waals surface area (Å²) in [6.45, 7) is 10.9. The van der Waals surface area contributed by atoms with Crippen LogP contribution in [0.15, 0.2) is 47.1 Å². The maximum absolute atomic E-state index is 12.8. The molecule has 1 aromatic heterocycles. The molecule has 2 fully saturated rings. The molecule has 2 aliphatic rings. The highest BCUT2D eigenvalue weighted by Crippen LogP contribution is 2.22. The first kappa shape index (κ1) is 28.0. The van der Waals surface area contributed by atoms with Crippen LogP contribution < -0.4 is 5.32 Å². The van der Waals surface area contributed by atoms with Crippen LogP contribution in [0.25, 0.3) is 0 Å². The third-order valence-electron chi connectivity index (χ3n) is 7.15. The molecule has 1 aromatic carbocycles. The molecule has 1 N–H and O–H groups in total. The van der Waals surface area contributed by atoms with Crippen molar-refractivity contribution in [2.24, 2.45) is 5.92 Å². The van der Waals surface area contributed by atoms with Crippen LogP contribution in [0.5, 0.6) is 0 Å². The van der Waals surface area contributed by atoms with E-state index < -0.39 is 0 Å². The number of furan rings is 1. The number of hydrogen-bond acceptors (Lipinski definition) is 5.